The second kappa shape index (κ2) is 4.05. The van der Waals surface area contributed by atoms with E-state index >= 15 is 0 Å². The van der Waals surface area contributed by atoms with Gasteiger partial charge >= 0.3 is 0 Å². The molecule has 1 heterocycles. The van der Waals surface area contributed by atoms with Crippen LogP contribution in [0.15, 0.2) is 12.3 Å². The van der Waals surface area contributed by atoms with E-state index in [-0.39, 0.29) is 11.5 Å². The van der Waals surface area contributed by atoms with Gasteiger partial charge in [-0.2, -0.15) is 0 Å². The molecule has 0 radical (unpaired) electrons. The van der Waals surface area contributed by atoms with Crippen molar-refractivity contribution < 1.29 is 0 Å². The first-order valence-corrected chi connectivity index (χ1v) is 4.93. The number of rotatable bonds is 2. The lowest BCUT2D eigenvalue weighted by atomic mass is 9.85. The monoisotopic (exact) mass is 193 g/mol. The zero-order valence-electron chi connectivity index (χ0n) is 9.41. The lowest BCUT2D eigenvalue weighted by molar-refractivity contribution is 0.316. The Bertz CT molecular complexity index is 302. The van der Waals surface area contributed by atoms with E-state index in [1.807, 2.05) is 13.0 Å². The molecule has 1 aromatic rings. The molecule has 1 atom stereocenters. The van der Waals surface area contributed by atoms with E-state index in [1.54, 1.807) is 6.20 Å². The van der Waals surface area contributed by atoms with Crippen LogP contribution in [0.4, 0.5) is 0 Å². The van der Waals surface area contributed by atoms with E-state index in [9.17, 15) is 0 Å². The third-order valence-corrected chi connectivity index (χ3v) is 2.38. The summed E-state index contributed by atoms with van der Waals surface area (Å²) in [5.41, 5.74) is 7.22. The van der Waals surface area contributed by atoms with Crippen LogP contribution in [0.3, 0.4) is 0 Å². The molecular weight excluding hydrogens is 174 g/mol. The van der Waals surface area contributed by atoms with Crippen molar-refractivity contribution in [3.8, 4) is 0 Å². The smallest absolute Gasteiger partial charge is 0.125 e. The lowest BCUT2D eigenvalue weighted by Gasteiger charge is -2.26. The largest absolute Gasteiger partial charge is 0.327 e. The van der Waals surface area contributed by atoms with Gasteiger partial charge in [-0.25, -0.2) is 9.97 Å². The van der Waals surface area contributed by atoms with Gasteiger partial charge in [0.2, 0.25) is 0 Å². The van der Waals surface area contributed by atoms with E-state index in [4.69, 9.17) is 5.73 Å². The fraction of sp³-hybridized carbons (Fsp3) is 0.636. The maximum Gasteiger partial charge on any atom is 0.125 e. The van der Waals surface area contributed by atoms with Gasteiger partial charge in [-0.3, -0.25) is 0 Å². The van der Waals surface area contributed by atoms with Crippen molar-refractivity contribution in [2.75, 3.05) is 0 Å². The molecule has 2 N–H and O–H groups in total. The molecule has 0 amide bonds. The molecule has 0 aromatic carbocycles. The molecule has 0 bridgehead atoms. The first kappa shape index (κ1) is 11.1. The molecule has 0 spiro atoms. The summed E-state index contributed by atoms with van der Waals surface area (Å²) >= 11 is 0. The lowest BCUT2D eigenvalue weighted by Crippen LogP contribution is -2.37. The molecule has 3 nitrogen and oxygen atoms in total. The minimum Gasteiger partial charge on any atom is -0.327 e. The summed E-state index contributed by atoms with van der Waals surface area (Å²) < 4.78 is 0. The highest BCUT2D eigenvalue weighted by Crippen LogP contribution is 2.19. The summed E-state index contributed by atoms with van der Waals surface area (Å²) in [7, 11) is 0. The molecule has 0 aliphatic carbocycles. The Morgan fingerprint density at radius 1 is 1.43 bits per heavy atom. The van der Waals surface area contributed by atoms with E-state index in [2.05, 4.69) is 30.7 Å². The van der Waals surface area contributed by atoms with Crippen LogP contribution in [0.1, 0.15) is 32.3 Å². The first-order valence-electron chi connectivity index (χ1n) is 4.93. The highest BCUT2D eigenvalue weighted by Gasteiger charge is 2.21. The van der Waals surface area contributed by atoms with E-state index in [0.717, 1.165) is 17.9 Å². The van der Waals surface area contributed by atoms with Gasteiger partial charge in [-0.15, -0.1) is 0 Å². The van der Waals surface area contributed by atoms with Crippen LogP contribution in [0.2, 0.25) is 0 Å². The number of aryl methyl sites for hydroxylation is 1. The minimum absolute atomic E-state index is 0.124. The number of hydrogen-bond acceptors (Lipinski definition) is 3. The minimum atomic E-state index is 0.124. The van der Waals surface area contributed by atoms with Crippen LogP contribution in [0.5, 0.6) is 0 Å². The summed E-state index contributed by atoms with van der Waals surface area (Å²) in [6.07, 6.45) is 2.60. The maximum absolute atomic E-state index is 6.07. The topological polar surface area (TPSA) is 51.8 Å². The zero-order chi connectivity index (χ0) is 10.8. The number of hydrogen-bond donors (Lipinski definition) is 1. The fourth-order valence-corrected chi connectivity index (χ4v) is 1.15. The quantitative estimate of drug-likeness (QED) is 0.777. The van der Waals surface area contributed by atoms with Gasteiger partial charge in [0.05, 0.1) is 0 Å². The number of nitrogens with two attached hydrogens (primary N) is 1. The third kappa shape index (κ3) is 3.07. The molecule has 0 aliphatic heterocycles. The average molecular weight is 193 g/mol. The SMILES string of the molecule is Cc1nccc(CC(N)C(C)(C)C)n1. The Morgan fingerprint density at radius 3 is 2.57 bits per heavy atom. The standard InChI is InChI=1S/C11H19N3/c1-8-13-6-5-9(14-8)7-10(12)11(2,3)4/h5-6,10H,7,12H2,1-4H3. The highest BCUT2D eigenvalue weighted by molar-refractivity contribution is 5.04. The molecular formula is C11H19N3. The van der Waals surface area contributed by atoms with Crippen molar-refractivity contribution in [3.63, 3.8) is 0 Å². The molecule has 0 fully saturated rings. The van der Waals surface area contributed by atoms with Crippen molar-refractivity contribution in [2.45, 2.75) is 40.2 Å². The van der Waals surface area contributed by atoms with E-state index in [1.165, 1.54) is 0 Å². The first-order chi connectivity index (χ1) is 6.39. The predicted molar refractivity (Wildman–Crippen MR) is 57.9 cm³/mol. The van der Waals surface area contributed by atoms with Crippen molar-refractivity contribution in [1.29, 1.82) is 0 Å². The second-order valence-corrected chi connectivity index (χ2v) is 4.77. The highest BCUT2D eigenvalue weighted by atomic mass is 14.9. The van der Waals surface area contributed by atoms with Crippen LogP contribution in [-0.4, -0.2) is 16.0 Å². The summed E-state index contributed by atoms with van der Waals surface area (Å²) in [6.45, 7) is 8.33. The predicted octanol–water partition coefficient (Wildman–Crippen LogP) is 1.70. The second-order valence-electron chi connectivity index (χ2n) is 4.77. The molecule has 0 saturated heterocycles. The van der Waals surface area contributed by atoms with Crippen LogP contribution in [0.25, 0.3) is 0 Å². The summed E-state index contributed by atoms with van der Waals surface area (Å²) in [6, 6.07) is 2.07. The van der Waals surface area contributed by atoms with Crippen LogP contribution >= 0.6 is 0 Å². The average Bonchev–Trinajstić information content (AvgIpc) is 2.02. The van der Waals surface area contributed by atoms with Crippen molar-refractivity contribution in [1.82, 2.24) is 9.97 Å². The molecule has 3 heteroatoms. The summed E-state index contributed by atoms with van der Waals surface area (Å²) in [5, 5.41) is 0. The Morgan fingerprint density at radius 2 is 2.07 bits per heavy atom. The van der Waals surface area contributed by atoms with Crippen LogP contribution < -0.4 is 5.73 Å². The van der Waals surface area contributed by atoms with Gasteiger partial charge in [0, 0.05) is 24.4 Å². The summed E-state index contributed by atoms with van der Waals surface area (Å²) in [4.78, 5) is 8.39. The number of nitrogens with zero attached hydrogens (tertiary/aromatic N) is 2. The third-order valence-electron chi connectivity index (χ3n) is 2.38. The zero-order valence-corrected chi connectivity index (χ0v) is 9.41. The molecule has 1 aromatic heterocycles. The van der Waals surface area contributed by atoms with Gasteiger partial charge < -0.3 is 5.73 Å². The molecule has 0 saturated carbocycles. The molecule has 1 unspecified atom stereocenters. The van der Waals surface area contributed by atoms with Gasteiger partial charge in [0.15, 0.2) is 0 Å². The van der Waals surface area contributed by atoms with Crippen molar-refractivity contribution in [2.24, 2.45) is 11.1 Å². The Hall–Kier alpha value is -0.960. The fourth-order valence-electron chi connectivity index (χ4n) is 1.15. The van der Waals surface area contributed by atoms with Crippen molar-refractivity contribution in [3.05, 3.63) is 23.8 Å². The van der Waals surface area contributed by atoms with Gasteiger partial charge in [-0.1, -0.05) is 20.8 Å². The Labute approximate surface area is 85.8 Å². The Balaban J connectivity index is 2.70. The van der Waals surface area contributed by atoms with E-state index < -0.39 is 0 Å². The van der Waals surface area contributed by atoms with Gasteiger partial charge in [-0.05, 0) is 18.4 Å². The van der Waals surface area contributed by atoms with E-state index in [0.29, 0.717) is 0 Å². The number of aromatic nitrogens is 2. The Kier molecular flexibility index (Phi) is 3.21. The van der Waals surface area contributed by atoms with Gasteiger partial charge in [0.25, 0.3) is 0 Å². The molecule has 1 rings (SSSR count). The molecule has 78 valence electrons. The summed E-state index contributed by atoms with van der Waals surface area (Å²) in [5.74, 6) is 0.809. The van der Waals surface area contributed by atoms with Crippen LogP contribution in [-0.2, 0) is 6.42 Å². The van der Waals surface area contributed by atoms with Crippen LogP contribution in [0, 0.1) is 12.3 Å². The normalized spacial score (nSPS) is 14.1. The van der Waals surface area contributed by atoms with Crippen molar-refractivity contribution >= 4 is 0 Å². The molecule has 14 heavy (non-hydrogen) atoms. The van der Waals surface area contributed by atoms with Gasteiger partial charge in [0.1, 0.15) is 5.82 Å². The molecule has 0 aliphatic rings. The maximum atomic E-state index is 6.07.